The van der Waals surface area contributed by atoms with Crippen molar-refractivity contribution in [1.82, 2.24) is 5.32 Å². The molecule has 2 saturated heterocycles. The van der Waals surface area contributed by atoms with E-state index >= 15 is 0 Å². The number of ether oxygens (including phenoxy) is 4. The highest BCUT2D eigenvalue weighted by Crippen LogP contribution is 2.30. The van der Waals surface area contributed by atoms with Crippen LogP contribution in [0.3, 0.4) is 0 Å². The van der Waals surface area contributed by atoms with E-state index in [0.29, 0.717) is 12.8 Å². The second-order valence-electron chi connectivity index (χ2n) is 17.2. The van der Waals surface area contributed by atoms with Crippen molar-refractivity contribution < 1.29 is 64.6 Å². The van der Waals surface area contributed by atoms with Gasteiger partial charge >= 0.3 is 0 Å². The van der Waals surface area contributed by atoms with Crippen molar-refractivity contribution in [3.63, 3.8) is 0 Å². The van der Waals surface area contributed by atoms with Crippen LogP contribution in [0.15, 0.2) is 24.3 Å². The molecule has 0 aromatic carbocycles. The predicted molar refractivity (Wildman–Crippen MR) is 235 cm³/mol. The third kappa shape index (κ3) is 22.8. The van der Waals surface area contributed by atoms with E-state index in [-0.39, 0.29) is 18.9 Å². The smallest absolute Gasteiger partial charge is 0.220 e. The molecule has 0 saturated carbocycles. The van der Waals surface area contributed by atoms with E-state index in [1.54, 1.807) is 6.08 Å². The Morgan fingerprint density at radius 1 is 0.574 bits per heavy atom. The molecule has 2 fully saturated rings. The van der Waals surface area contributed by atoms with Crippen molar-refractivity contribution in [2.24, 2.45) is 0 Å². The SMILES string of the molecule is CCCCCCCCCC/C=C/CC/C=C/C(O)C(COC1OC(CO)C(OC2OC(CO)C(O)C(O)C2O)C(O)C1O)NC(=O)CCCCCCCCCCCCCCC. The average Bonchev–Trinajstić information content (AvgIpc) is 3.26. The summed E-state index contributed by atoms with van der Waals surface area (Å²) in [5.74, 6) is -0.251. The molecule has 1 amide bonds. The summed E-state index contributed by atoms with van der Waals surface area (Å²) in [6.07, 6.45) is 19.4. The van der Waals surface area contributed by atoms with E-state index in [9.17, 15) is 45.6 Å². The molecule has 12 atom stereocenters. The van der Waals surface area contributed by atoms with Gasteiger partial charge in [-0.05, 0) is 32.1 Å². The number of allylic oxidation sites excluding steroid dienone is 3. The maximum Gasteiger partial charge on any atom is 0.220 e. The molecule has 14 heteroatoms. The van der Waals surface area contributed by atoms with Gasteiger partial charge < -0.3 is 65.1 Å². The molecule has 358 valence electrons. The molecule has 2 aliphatic heterocycles. The molecule has 0 aromatic heterocycles. The number of hydrogen-bond acceptors (Lipinski definition) is 13. The molecular weight excluding hydrogens is 787 g/mol. The summed E-state index contributed by atoms with van der Waals surface area (Å²) in [5, 5.41) is 86.5. The van der Waals surface area contributed by atoms with Gasteiger partial charge in [0, 0.05) is 6.42 Å². The molecule has 9 N–H and O–H groups in total. The summed E-state index contributed by atoms with van der Waals surface area (Å²) in [6, 6.07) is -0.924. The van der Waals surface area contributed by atoms with E-state index in [1.807, 2.05) is 6.08 Å². The highest BCUT2D eigenvalue weighted by Gasteiger charge is 2.51. The highest BCUT2D eigenvalue weighted by atomic mass is 16.7. The standard InChI is InChI=1S/C47H87NO13/c1-3-5-7-9-11-13-15-17-19-20-22-24-26-28-30-36(51)35(48-39(52)31-29-27-25-23-21-18-16-14-12-10-8-6-4-2)34-58-46-44(57)42(55)45(38(33-50)60-46)61-47-43(56)41(54)40(53)37(32-49)59-47/h20,22,28,30,35-38,40-47,49-51,53-57H,3-19,21,23-27,29,31-34H2,1-2H3,(H,48,52)/b22-20+,30-28+. The second-order valence-corrected chi connectivity index (χ2v) is 17.2. The molecule has 2 aliphatic rings. The third-order valence-electron chi connectivity index (χ3n) is 11.9. The first-order valence-electron chi connectivity index (χ1n) is 24.1. The van der Waals surface area contributed by atoms with Crippen molar-refractivity contribution in [3.8, 4) is 0 Å². The first-order chi connectivity index (χ1) is 29.6. The van der Waals surface area contributed by atoms with Crippen LogP contribution < -0.4 is 5.32 Å². The van der Waals surface area contributed by atoms with E-state index in [1.165, 1.54) is 109 Å². The number of amides is 1. The van der Waals surface area contributed by atoms with Crippen LogP contribution >= 0.6 is 0 Å². The monoisotopic (exact) mass is 874 g/mol. The van der Waals surface area contributed by atoms with E-state index < -0.39 is 86.8 Å². The Morgan fingerprint density at radius 2 is 1.05 bits per heavy atom. The van der Waals surface area contributed by atoms with Gasteiger partial charge in [0.1, 0.15) is 48.8 Å². The Labute approximate surface area is 367 Å². The fourth-order valence-corrected chi connectivity index (χ4v) is 7.89. The Morgan fingerprint density at radius 3 is 1.61 bits per heavy atom. The maximum absolute atomic E-state index is 13.1. The van der Waals surface area contributed by atoms with Gasteiger partial charge in [-0.1, -0.05) is 160 Å². The maximum atomic E-state index is 13.1. The molecular formula is C47H87NO13. The number of carbonyl (C=O) groups excluding carboxylic acids is 1. The molecule has 12 unspecified atom stereocenters. The normalized spacial score (nSPS) is 28.2. The van der Waals surface area contributed by atoms with E-state index in [4.69, 9.17) is 18.9 Å². The molecule has 14 nitrogen and oxygen atoms in total. The predicted octanol–water partition coefficient (Wildman–Crippen LogP) is 5.38. The van der Waals surface area contributed by atoms with Crippen molar-refractivity contribution in [2.45, 2.75) is 248 Å². The molecule has 0 bridgehead atoms. The van der Waals surface area contributed by atoms with Gasteiger partial charge in [0.2, 0.25) is 5.91 Å². The number of unbranched alkanes of at least 4 members (excludes halogenated alkanes) is 21. The van der Waals surface area contributed by atoms with Gasteiger partial charge in [-0.3, -0.25) is 4.79 Å². The second kappa shape index (κ2) is 34.8. The van der Waals surface area contributed by atoms with Crippen molar-refractivity contribution >= 4 is 5.91 Å². The van der Waals surface area contributed by atoms with Crippen LogP contribution in [0.1, 0.15) is 174 Å². The molecule has 2 heterocycles. The summed E-state index contributed by atoms with van der Waals surface area (Å²) in [4.78, 5) is 13.1. The topological polar surface area (TPSA) is 228 Å². The number of aliphatic hydroxyl groups is 8. The van der Waals surface area contributed by atoms with E-state index in [2.05, 4.69) is 31.3 Å². The minimum atomic E-state index is -1.79. The average molecular weight is 874 g/mol. The fraction of sp³-hybridized carbons (Fsp3) is 0.894. The van der Waals surface area contributed by atoms with Gasteiger partial charge in [-0.25, -0.2) is 0 Å². The first kappa shape index (κ1) is 55.6. The van der Waals surface area contributed by atoms with Gasteiger partial charge in [-0.15, -0.1) is 0 Å². The van der Waals surface area contributed by atoms with Crippen LogP contribution in [0.2, 0.25) is 0 Å². The summed E-state index contributed by atoms with van der Waals surface area (Å²) in [6.45, 7) is 2.74. The number of hydrogen-bond donors (Lipinski definition) is 9. The van der Waals surface area contributed by atoms with Crippen molar-refractivity contribution in [2.75, 3.05) is 19.8 Å². The van der Waals surface area contributed by atoms with Crippen LogP contribution in [0.4, 0.5) is 0 Å². The van der Waals surface area contributed by atoms with Gasteiger partial charge in [0.25, 0.3) is 0 Å². The number of nitrogens with one attached hydrogen (secondary N) is 1. The molecule has 61 heavy (non-hydrogen) atoms. The summed E-state index contributed by atoms with van der Waals surface area (Å²) in [5.41, 5.74) is 0. The van der Waals surface area contributed by atoms with Gasteiger partial charge in [0.15, 0.2) is 12.6 Å². The Bertz CT molecular complexity index is 1130. The Kier molecular flexibility index (Phi) is 31.7. The molecule has 0 spiro atoms. The van der Waals surface area contributed by atoms with Crippen LogP contribution in [0, 0.1) is 0 Å². The van der Waals surface area contributed by atoms with Crippen LogP contribution in [-0.2, 0) is 23.7 Å². The quantitative estimate of drug-likeness (QED) is 0.0285. The van der Waals surface area contributed by atoms with Crippen LogP contribution in [0.25, 0.3) is 0 Å². The third-order valence-corrected chi connectivity index (χ3v) is 11.9. The van der Waals surface area contributed by atoms with Crippen molar-refractivity contribution in [1.29, 1.82) is 0 Å². The molecule has 2 rings (SSSR count). The zero-order valence-electron chi connectivity index (χ0n) is 37.7. The van der Waals surface area contributed by atoms with Gasteiger partial charge in [0.05, 0.1) is 32.0 Å². The summed E-state index contributed by atoms with van der Waals surface area (Å²) < 4.78 is 22.6. The first-order valence-corrected chi connectivity index (χ1v) is 24.1. The lowest BCUT2D eigenvalue weighted by atomic mass is 9.97. The van der Waals surface area contributed by atoms with Gasteiger partial charge in [-0.2, -0.15) is 0 Å². The lowest BCUT2D eigenvalue weighted by molar-refractivity contribution is -0.359. The number of aliphatic hydroxyl groups excluding tert-OH is 8. The largest absolute Gasteiger partial charge is 0.394 e. The minimum Gasteiger partial charge on any atom is -0.394 e. The highest BCUT2D eigenvalue weighted by molar-refractivity contribution is 5.76. The zero-order chi connectivity index (χ0) is 44.7. The van der Waals surface area contributed by atoms with Crippen molar-refractivity contribution in [3.05, 3.63) is 24.3 Å². The lowest BCUT2D eigenvalue weighted by Crippen LogP contribution is -2.65. The number of carbonyl (C=O) groups is 1. The summed E-state index contributed by atoms with van der Waals surface area (Å²) >= 11 is 0. The van der Waals surface area contributed by atoms with Crippen LogP contribution in [-0.4, -0.2) is 140 Å². The lowest BCUT2D eigenvalue weighted by Gasteiger charge is -2.46. The Hall–Kier alpha value is -1.53. The minimum absolute atomic E-state index is 0.251. The molecule has 0 aliphatic carbocycles. The fourth-order valence-electron chi connectivity index (χ4n) is 7.89. The Balaban J connectivity index is 1.90. The molecule has 0 aromatic rings. The summed E-state index contributed by atoms with van der Waals surface area (Å²) in [7, 11) is 0. The van der Waals surface area contributed by atoms with E-state index in [0.717, 1.165) is 32.1 Å². The van der Waals surface area contributed by atoms with Crippen LogP contribution in [0.5, 0.6) is 0 Å². The zero-order valence-corrected chi connectivity index (χ0v) is 37.7. The molecule has 0 radical (unpaired) electrons. The number of rotatable bonds is 36.